The summed E-state index contributed by atoms with van der Waals surface area (Å²) in [5.74, 6) is -0.689. The van der Waals surface area contributed by atoms with Crippen molar-refractivity contribution < 1.29 is 14.4 Å². The number of hydrogen-bond acceptors (Lipinski definition) is 3. The number of benzene rings is 2. The third-order valence-corrected chi connectivity index (χ3v) is 6.32. The number of amides is 3. The summed E-state index contributed by atoms with van der Waals surface area (Å²) in [5.41, 5.74) is 3.75. The SMILES string of the molecule is Cc1cc(C)cc(NC(=O)c2cccc(N3C(=O)[C@@H]4[C@@H](C3=O)[C@@H]3C=C[C@@H]4C3)c2)c1. The zero-order valence-corrected chi connectivity index (χ0v) is 16.4. The summed E-state index contributed by atoms with van der Waals surface area (Å²) in [6.07, 6.45) is 5.06. The molecule has 5 nitrogen and oxygen atoms in total. The molecule has 0 unspecified atom stereocenters. The van der Waals surface area contributed by atoms with Gasteiger partial charge in [0.1, 0.15) is 0 Å². The molecule has 5 heteroatoms. The fraction of sp³-hybridized carbons (Fsp3) is 0.292. The lowest BCUT2D eigenvalue weighted by Crippen LogP contribution is -2.33. The van der Waals surface area contributed by atoms with Crippen molar-refractivity contribution in [1.82, 2.24) is 0 Å². The van der Waals surface area contributed by atoms with Gasteiger partial charge in [0.05, 0.1) is 17.5 Å². The molecule has 1 N–H and O–H groups in total. The predicted molar refractivity (Wildman–Crippen MR) is 111 cm³/mol. The summed E-state index contributed by atoms with van der Waals surface area (Å²) >= 11 is 0. The Hall–Kier alpha value is -3.21. The summed E-state index contributed by atoms with van der Waals surface area (Å²) in [7, 11) is 0. The van der Waals surface area contributed by atoms with E-state index in [9.17, 15) is 14.4 Å². The first-order chi connectivity index (χ1) is 13.9. The smallest absolute Gasteiger partial charge is 0.255 e. The van der Waals surface area contributed by atoms with Crippen molar-refractivity contribution in [1.29, 1.82) is 0 Å². The molecule has 2 fully saturated rings. The molecule has 3 amide bonds. The van der Waals surface area contributed by atoms with Crippen molar-refractivity contribution in [2.75, 3.05) is 10.2 Å². The van der Waals surface area contributed by atoms with Gasteiger partial charge in [-0.3, -0.25) is 14.4 Å². The number of carbonyl (C=O) groups excluding carboxylic acids is 3. The van der Waals surface area contributed by atoms with E-state index in [1.54, 1.807) is 24.3 Å². The van der Waals surface area contributed by atoms with Gasteiger partial charge in [-0.05, 0) is 73.6 Å². The van der Waals surface area contributed by atoms with E-state index in [1.165, 1.54) is 4.90 Å². The molecule has 1 aliphatic heterocycles. The van der Waals surface area contributed by atoms with Gasteiger partial charge in [0, 0.05) is 11.3 Å². The van der Waals surface area contributed by atoms with Crippen LogP contribution >= 0.6 is 0 Å². The maximum atomic E-state index is 13.0. The van der Waals surface area contributed by atoms with E-state index in [-0.39, 0.29) is 41.4 Å². The van der Waals surface area contributed by atoms with Crippen molar-refractivity contribution >= 4 is 29.1 Å². The molecule has 29 heavy (non-hydrogen) atoms. The van der Waals surface area contributed by atoms with Crippen molar-refractivity contribution in [2.45, 2.75) is 20.3 Å². The summed E-state index contributed by atoms with van der Waals surface area (Å²) in [4.78, 5) is 40.1. The van der Waals surface area contributed by atoms with Crippen LogP contribution in [0.4, 0.5) is 11.4 Å². The topological polar surface area (TPSA) is 66.5 Å². The highest BCUT2D eigenvalue weighted by Crippen LogP contribution is 2.53. The number of fused-ring (bicyclic) bond motifs is 5. The Bertz CT molecular complexity index is 1040. The fourth-order valence-electron chi connectivity index (χ4n) is 5.19. The first-order valence-electron chi connectivity index (χ1n) is 9.98. The van der Waals surface area contributed by atoms with Gasteiger partial charge >= 0.3 is 0 Å². The van der Waals surface area contributed by atoms with Crippen LogP contribution in [0.2, 0.25) is 0 Å². The Morgan fingerprint density at radius 3 is 2.17 bits per heavy atom. The molecule has 2 bridgehead atoms. The molecule has 2 aromatic rings. The Morgan fingerprint density at radius 1 is 0.931 bits per heavy atom. The van der Waals surface area contributed by atoms with Crippen LogP contribution in [-0.2, 0) is 9.59 Å². The van der Waals surface area contributed by atoms with Crippen molar-refractivity contribution in [3.05, 3.63) is 71.3 Å². The summed E-state index contributed by atoms with van der Waals surface area (Å²) in [5, 5.41) is 2.91. The van der Waals surface area contributed by atoms with Gasteiger partial charge in [-0.25, -0.2) is 4.90 Å². The lowest BCUT2D eigenvalue weighted by molar-refractivity contribution is -0.123. The molecule has 2 aromatic carbocycles. The number of allylic oxidation sites excluding steroid dienone is 2. The predicted octanol–water partition coefficient (Wildman–Crippen LogP) is 3.87. The van der Waals surface area contributed by atoms with Crippen LogP contribution in [0.5, 0.6) is 0 Å². The van der Waals surface area contributed by atoms with Crippen LogP contribution in [-0.4, -0.2) is 17.7 Å². The number of nitrogens with zero attached hydrogens (tertiary/aromatic N) is 1. The zero-order valence-electron chi connectivity index (χ0n) is 16.4. The van der Waals surface area contributed by atoms with E-state index in [2.05, 4.69) is 17.5 Å². The van der Waals surface area contributed by atoms with Gasteiger partial charge < -0.3 is 5.32 Å². The highest BCUT2D eigenvalue weighted by molar-refractivity contribution is 6.23. The van der Waals surface area contributed by atoms with E-state index in [1.807, 2.05) is 32.0 Å². The monoisotopic (exact) mass is 386 g/mol. The maximum Gasteiger partial charge on any atom is 0.255 e. The van der Waals surface area contributed by atoms with Crippen molar-refractivity contribution in [2.24, 2.45) is 23.7 Å². The molecule has 1 heterocycles. The second-order valence-corrected chi connectivity index (χ2v) is 8.39. The molecule has 4 atom stereocenters. The fourth-order valence-corrected chi connectivity index (χ4v) is 5.19. The lowest BCUT2D eigenvalue weighted by Gasteiger charge is -2.18. The molecule has 146 valence electrons. The van der Waals surface area contributed by atoms with Gasteiger partial charge in [0.15, 0.2) is 0 Å². The largest absolute Gasteiger partial charge is 0.322 e. The number of nitrogens with one attached hydrogen (secondary N) is 1. The van der Waals surface area contributed by atoms with Crippen molar-refractivity contribution in [3.63, 3.8) is 0 Å². The Morgan fingerprint density at radius 2 is 1.55 bits per heavy atom. The third-order valence-electron chi connectivity index (χ3n) is 6.32. The Kier molecular flexibility index (Phi) is 3.95. The summed E-state index contributed by atoms with van der Waals surface area (Å²) < 4.78 is 0. The molecule has 0 radical (unpaired) electrons. The molecule has 1 saturated heterocycles. The van der Waals surface area contributed by atoms with Gasteiger partial charge in [0.2, 0.25) is 11.8 Å². The molecule has 5 rings (SSSR count). The zero-order chi connectivity index (χ0) is 20.3. The number of carbonyl (C=O) groups is 3. The maximum absolute atomic E-state index is 13.0. The van der Waals surface area contributed by atoms with E-state index < -0.39 is 0 Å². The van der Waals surface area contributed by atoms with Crippen LogP contribution < -0.4 is 10.2 Å². The summed E-state index contributed by atoms with van der Waals surface area (Å²) in [6, 6.07) is 12.6. The number of rotatable bonds is 3. The van der Waals surface area contributed by atoms with Crippen molar-refractivity contribution in [3.8, 4) is 0 Å². The first kappa shape index (κ1) is 17.9. The minimum atomic E-state index is -0.266. The van der Waals surface area contributed by atoms with E-state index >= 15 is 0 Å². The minimum absolute atomic E-state index is 0.135. The van der Waals surface area contributed by atoms with E-state index in [0.717, 1.165) is 23.2 Å². The highest BCUT2D eigenvalue weighted by atomic mass is 16.2. The second kappa shape index (κ2) is 6.41. The molecule has 0 spiro atoms. The number of anilines is 2. The average molecular weight is 386 g/mol. The van der Waals surface area contributed by atoms with Gasteiger partial charge in [-0.1, -0.05) is 24.3 Å². The highest BCUT2D eigenvalue weighted by Gasteiger charge is 2.59. The van der Waals surface area contributed by atoms with Gasteiger partial charge in [-0.2, -0.15) is 0 Å². The molecular weight excluding hydrogens is 364 g/mol. The molecule has 1 saturated carbocycles. The standard InChI is InChI=1S/C24H22N2O3/c1-13-8-14(2)10-18(9-13)25-22(27)17-4-3-5-19(12-17)26-23(28)20-15-6-7-16(11-15)21(20)24(26)29/h3-10,12,15-16,20-21H,11H2,1-2H3,(H,25,27)/t15-,16-,20+,21+/m1/s1. The van der Waals surface area contributed by atoms with Crippen LogP contribution in [0, 0.1) is 37.5 Å². The number of imide groups is 1. The first-order valence-corrected chi connectivity index (χ1v) is 9.98. The van der Waals surface area contributed by atoms with Crippen LogP contribution in [0.25, 0.3) is 0 Å². The molecule has 3 aliphatic rings. The van der Waals surface area contributed by atoms with Gasteiger partial charge in [0.25, 0.3) is 5.91 Å². The molecular formula is C24H22N2O3. The third kappa shape index (κ3) is 2.80. The van der Waals surface area contributed by atoms with Crippen LogP contribution in [0.3, 0.4) is 0 Å². The van der Waals surface area contributed by atoms with Gasteiger partial charge in [-0.15, -0.1) is 0 Å². The van der Waals surface area contributed by atoms with Crippen LogP contribution in [0.15, 0.2) is 54.6 Å². The Balaban J connectivity index is 1.41. The van der Waals surface area contributed by atoms with Crippen LogP contribution in [0.1, 0.15) is 27.9 Å². The number of aryl methyl sites for hydroxylation is 2. The normalized spacial score (nSPS) is 26.9. The average Bonchev–Trinajstić information content (AvgIpc) is 3.35. The molecule has 0 aromatic heterocycles. The minimum Gasteiger partial charge on any atom is -0.322 e. The molecule has 2 aliphatic carbocycles. The second-order valence-electron chi connectivity index (χ2n) is 8.39. The van der Waals surface area contributed by atoms with E-state index in [0.29, 0.717) is 11.3 Å². The Labute approximate surface area is 169 Å². The van der Waals surface area contributed by atoms with E-state index in [4.69, 9.17) is 0 Å². The summed E-state index contributed by atoms with van der Waals surface area (Å²) in [6.45, 7) is 3.96. The quantitative estimate of drug-likeness (QED) is 0.643. The lowest BCUT2D eigenvalue weighted by atomic mass is 9.85. The number of hydrogen-bond donors (Lipinski definition) is 1.